The van der Waals surface area contributed by atoms with E-state index in [-0.39, 0.29) is 18.2 Å². The minimum absolute atomic E-state index is 0.0420. The lowest BCUT2D eigenvalue weighted by Gasteiger charge is -2.40. The minimum Gasteiger partial charge on any atom is -0.496 e. The molecule has 0 aliphatic carbocycles. The predicted molar refractivity (Wildman–Crippen MR) is 126 cm³/mol. The number of hydrogen-bond acceptors (Lipinski definition) is 3. The molecule has 0 spiro atoms. The molecule has 6 nitrogen and oxygen atoms in total. The quantitative estimate of drug-likeness (QED) is 0.435. The molecule has 1 fully saturated rings. The summed E-state index contributed by atoms with van der Waals surface area (Å²) in [6.45, 7) is 1.99. The number of aromatic amines is 1. The van der Waals surface area contributed by atoms with Gasteiger partial charge in [0.25, 0.3) is 5.91 Å². The van der Waals surface area contributed by atoms with Crippen LogP contribution in [0, 0.1) is 5.82 Å². The van der Waals surface area contributed by atoms with E-state index in [2.05, 4.69) is 4.98 Å². The normalized spacial score (nSPS) is 21.7. The number of anilines is 1. The third-order valence-electron chi connectivity index (χ3n) is 7.14. The SMILES string of the molecule is COc1ccccc1[C@@H]1CN2C(=O)N(c3ccccc3F)C(=O)[C@]2(C)c2[nH]c3ccccc3c21. The Labute approximate surface area is 195 Å². The third-order valence-corrected chi connectivity index (χ3v) is 7.14. The van der Waals surface area contributed by atoms with Crippen LogP contribution in [0.2, 0.25) is 0 Å². The number of para-hydroxylation sites is 3. The van der Waals surface area contributed by atoms with Gasteiger partial charge in [-0.1, -0.05) is 48.5 Å². The zero-order valence-electron chi connectivity index (χ0n) is 18.7. The molecule has 4 aromatic rings. The summed E-state index contributed by atoms with van der Waals surface area (Å²) < 4.78 is 20.4. The van der Waals surface area contributed by atoms with Gasteiger partial charge in [0, 0.05) is 28.9 Å². The summed E-state index contributed by atoms with van der Waals surface area (Å²) in [4.78, 5) is 33.5. The van der Waals surface area contributed by atoms with Gasteiger partial charge in [0.15, 0.2) is 5.54 Å². The van der Waals surface area contributed by atoms with Crippen molar-refractivity contribution >= 4 is 28.5 Å². The molecular formula is C27H22FN3O3. The number of aromatic nitrogens is 1. The fourth-order valence-corrected chi connectivity index (χ4v) is 5.47. The van der Waals surface area contributed by atoms with E-state index in [1.165, 1.54) is 18.2 Å². The molecule has 1 aromatic heterocycles. The van der Waals surface area contributed by atoms with Crippen LogP contribution in [-0.2, 0) is 10.3 Å². The van der Waals surface area contributed by atoms with Gasteiger partial charge in [-0.15, -0.1) is 0 Å². The van der Waals surface area contributed by atoms with Gasteiger partial charge in [-0.2, -0.15) is 0 Å². The number of fused-ring (bicyclic) bond motifs is 5. The lowest BCUT2D eigenvalue weighted by atomic mass is 9.78. The van der Waals surface area contributed by atoms with E-state index >= 15 is 0 Å². The number of amides is 3. The summed E-state index contributed by atoms with van der Waals surface area (Å²) in [6, 6.07) is 20.9. The molecule has 170 valence electrons. The number of ether oxygens (including phenoxy) is 1. The second kappa shape index (κ2) is 7.18. The highest BCUT2D eigenvalue weighted by Crippen LogP contribution is 2.51. The fraction of sp³-hybridized carbons (Fsp3) is 0.185. The molecule has 3 heterocycles. The van der Waals surface area contributed by atoms with Crippen molar-refractivity contribution in [1.29, 1.82) is 0 Å². The number of nitrogens with zero attached hydrogens (tertiary/aromatic N) is 2. The topological polar surface area (TPSA) is 65.6 Å². The maximum Gasteiger partial charge on any atom is 0.332 e. The zero-order valence-corrected chi connectivity index (χ0v) is 18.7. The maximum atomic E-state index is 14.7. The molecule has 0 saturated carbocycles. The first-order chi connectivity index (χ1) is 16.5. The molecule has 2 aliphatic rings. The average Bonchev–Trinajstić information content (AvgIpc) is 3.34. The van der Waals surface area contributed by atoms with Crippen LogP contribution in [0.3, 0.4) is 0 Å². The summed E-state index contributed by atoms with van der Waals surface area (Å²) >= 11 is 0. The van der Waals surface area contributed by atoms with Gasteiger partial charge in [-0.25, -0.2) is 14.1 Å². The van der Waals surface area contributed by atoms with Crippen molar-refractivity contribution in [1.82, 2.24) is 9.88 Å². The molecule has 7 heteroatoms. The second-order valence-corrected chi connectivity index (χ2v) is 8.81. The van der Waals surface area contributed by atoms with Crippen LogP contribution in [0.25, 0.3) is 10.9 Å². The smallest absolute Gasteiger partial charge is 0.332 e. The number of H-pyrrole nitrogens is 1. The number of halogens is 1. The van der Waals surface area contributed by atoms with Gasteiger partial charge in [-0.05, 0) is 36.8 Å². The van der Waals surface area contributed by atoms with Crippen LogP contribution in [0.15, 0.2) is 72.8 Å². The van der Waals surface area contributed by atoms with Gasteiger partial charge in [0.2, 0.25) is 0 Å². The van der Waals surface area contributed by atoms with E-state index in [4.69, 9.17) is 4.74 Å². The molecule has 2 atom stereocenters. The Kier molecular flexibility index (Phi) is 4.33. The van der Waals surface area contributed by atoms with Crippen molar-refractivity contribution in [3.8, 4) is 5.75 Å². The van der Waals surface area contributed by atoms with E-state index in [1.807, 2.05) is 48.5 Å². The summed E-state index contributed by atoms with van der Waals surface area (Å²) in [5.74, 6) is -0.636. The van der Waals surface area contributed by atoms with Gasteiger partial charge < -0.3 is 14.6 Å². The van der Waals surface area contributed by atoms with Crippen molar-refractivity contribution in [3.05, 3.63) is 95.4 Å². The van der Waals surface area contributed by atoms with Gasteiger partial charge in [0.1, 0.15) is 11.6 Å². The maximum absolute atomic E-state index is 14.7. The second-order valence-electron chi connectivity index (χ2n) is 8.81. The number of methoxy groups -OCH3 is 1. The number of imide groups is 1. The van der Waals surface area contributed by atoms with Crippen molar-refractivity contribution < 1.29 is 18.7 Å². The van der Waals surface area contributed by atoms with Crippen molar-refractivity contribution in [3.63, 3.8) is 0 Å². The number of nitrogens with one attached hydrogen (secondary N) is 1. The molecule has 1 saturated heterocycles. The van der Waals surface area contributed by atoms with Crippen molar-refractivity contribution in [2.45, 2.75) is 18.4 Å². The molecule has 0 bridgehead atoms. The number of benzene rings is 3. The van der Waals surface area contributed by atoms with Crippen LogP contribution in [0.5, 0.6) is 5.75 Å². The summed E-state index contributed by atoms with van der Waals surface area (Å²) in [5.41, 5.74) is 2.05. The first kappa shape index (κ1) is 20.5. The van der Waals surface area contributed by atoms with Gasteiger partial charge in [0.05, 0.1) is 18.5 Å². The summed E-state index contributed by atoms with van der Waals surface area (Å²) in [7, 11) is 1.62. The third kappa shape index (κ3) is 2.55. The fourth-order valence-electron chi connectivity index (χ4n) is 5.47. The molecule has 0 unspecified atom stereocenters. The Hall–Kier alpha value is -4.13. The van der Waals surface area contributed by atoms with Crippen molar-refractivity contribution in [2.24, 2.45) is 0 Å². The highest BCUT2D eigenvalue weighted by atomic mass is 19.1. The molecule has 3 aromatic carbocycles. The minimum atomic E-state index is -1.30. The average molecular weight is 455 g/mol. The Balaban J connectivity index is 1.62. The molecule has 34 heavy (non-hydrogen) atoms. The van der Waals surface area contributed by atoms with E-state index in [0.717, 1.165) is 26.9 Å². The van der Waals surface area contributed by atoms with E-state index < -0.39 is 23.3 Å². The standard InChI is InChI=1S/C27H22FN3O3/c1-27-24-23(17-10-3-6-12-20(17)29-24)18(16-9-4-8-14-22(16)34-2)15-30(27)26(33)31(25(27)32)21-13-7-5-11-19(21)28/h3-14,18,29H,15H2,1-2H3/t18-,27-/m0/s1. The molecule has 2 aliphatic heterocycles. The van der Waals surface area contributed by atoms with E-state index in [9.17, 15) is 14.0 Å². The van der Waals surface area contributed by atoms with Crippen LogP contribution in [0.4, 0.5) is 14.9 Å². The van der Waals surface area contributed by atoms with E-state index in [1.54, 1.807) is 25.0 Å². The first-order valence-electron chi connectivity index (χ1n) is 11.1. The predicted octanol–water partition coefficient (Wildman–Crippen LogP) is 5.15. The summed E-state index contributed by atoms with van der Waals surface area (Å²) in [6.07, 6.45) is 0. The number of rotatable bonds is 3. The Morgan fingerprint density at radius 3 is 2.50 bits per heavy atom. The molecule has 1 N–H and O–H groups in total. The highest BCUT2D eigenvalue weighted by molar-refractivity contribution is 6.23. The number of carbonyl (C=O) groups is 2. The first-order valence-corrected chi connectivity index (χ1v) is 11.1. The Morgan fingerprint density at radius 2 is 1.71 bits per heavy atom. The molecule has 3 amide bonds. The van der Waals surface area contributed by atoms with Crippen LogP contribution in [-0.4, -0.2) is 35.5 Å². The highest BCUT2D eigenvalue weighted by Gasteiger charge is 2.61. The summed E-state index contributed by atoms with van der Waals surface area (Å²) in [5, 5.41) is 0.985. The van der Waals surface area contributed by atoms with Gasteiger partial charge in [-0.3, -0.25) is 4.79 Å². The Bertz CT molecular complexity index is 1480. The largest absolute Gasteiger partial charge is 0.496 e. The van der Waals surface area contributed by atoms with Crippen LogP contribution < -0.4 is 9.64 Å². The zero-order chi connectivity index (χ0) is 23.6. The number of hydrogen-bond donors (Lipinski definition) is 1. The van der Waals surface area contributed by atoms with Crippen LogP contribution in [0.1, 0.15) is 29.7 Å². The number of carbonyl (C=O) groups excluding carboxylic acids is 2. The van der Waals surface area contributed by atoms with E-state index in [0.29, 0.717) is 11.4 Å². The molecule has 6 rings (SSSR count). The molecular weight excluding hydrogens is 433 g/mol. The lowest BCUT2D eigenvalue weighted by Crippen LogP contribution is -2.50. The number of urea groups is 1. The van der Waals surface area contributed by atoms with Gasteiger partial charge >= 0.3 is 6.03 Å². The van der Waals surface area contributed by atoms with Crippen molar-refractivity contribution in [2.75, 3.05) is 18.6 Å². The monoisotopic (exact) mass is 455 g/mol. The van der Waals surface area contributed by atoms with Crippen LogP contribution >= 0.6 is 0 Å². The molecule has 0 radical (unpaired) electrons. The Morgan fingerprint density at radius 1 is 1.00 bits per heavy atom. The lowest BCUT2D eigenvalue weighted by molar-refractivity contribution is -0.125.